The van der Waals surface area contributed by atoms with Crippen molar-refractivity contribution in [1.29, 1.82) is 0 Å². The SMILES string of the molecule is Fc1[c]nn(CC(F)F)c1C1CC1. The molecule has 0 unspecified atom stereocenters. The van der Waals surface area contributed by atoms with Crippen LogP contribution in [0.2, 0.25) is 0 Å². The highest BCUT2D eigenvalue weighted by atomic mass is 19.3. The molecule has 13 heavy (non-hydrogen) atoms. The van der Waals surface area contributed by atoms with Gasteiger partial charge in [-0.25, -0.2) is 13.2 Å². The molecule has 0 amide bonds. The topological polar surface area (TPSA) is 17.8 Å². The van der Waals surface area contributed by atoms with Crippen molar-refractivity contribution in [2.24, 2.45) is 0 Å². The first-order valence-corrected chi connectivity index (χ1v) is 4.10. The zero-order chi connectivity index (χ0) is 9.42. The average Bonchev–Trinajstić information content (AvgIpc) is 2.79. The molecule has 0 aromatic carbocycles. The molecule has 71 valence electrons. The number of aromatic nitrogens is 2. The van der Waals surface area contributed by atoms with Crippen LogP contribution in [0.4, 0.5) is 13.2 Å². The second-order valence-corrected chi connectivity index (χ2v) is 3.16. The first-order chi connectivity index (χ1) is 6.18. The van der Waals surface area contributed by atoms with Gasteiger partial charge in [0.25, 0.3) is 6.43 Å². The lowest BCUT2D eigenvalue weighted by Gasteiger charge is -2.04. The molecule has 0 aliphatic heterocycles. The number of alkyl halides is 2. The summed E-state index contributed by atoms with van der Waals surface area (Å²) in [6, 6.07) is 0. The maximum Gasteiger partial charge on any atom is 0.257 e. The van der Waals surface area contributed by atoms with Gasteiger partial charge in [0.05, 0.1) is 5.69 Å². The Balaban J connectivity index is 2.23. The lowest BCUT2D eigenvalue weighted by atomic mass is 10.3. The molecule has 1 aliphatic carbocycles. The number of nitrogens with zero attached hydrogens (tertiary/aromatic N) is 2. The summed E-state index contributed by atoms with van der Waals surface area (Å²) in [7, 11) is 0. The van der Waals surface area contributed by atoms with Gasteiger partial charge >= 0.3 is 0 Å². The monoisotopic (exact) mass is 189 g/mol. The van der Waals surface area contributed by atoms with E-state index in [1.165, 1.54) is 0 Å². The van der Waals surface area contributed by atoms with E-state index in [0.717, 1.165) is 17.5 Å². The molecular formula is C8H8F3N2. The van der Waals surface area contributed by atoms with Crippen molar-refractivity contribution in [3.63, 3.8) is 0 Å². The fourth-order valence-electron chi connectivity index (χ4n) is 1.35. The fraction of sp³-hybridized carbons (Fsp3) is 0.625. The Morgan fingerprint density at radius 3 is 2.77 bits per heavy atom. The Morgan fingerprint density at radius 1 is 1.54 bits per heavy atom. The Kier molecular flexibility index (Phi) is 2.01. The molecule has 5 heteroatoms. The minimum atomic E-state index is -2.50. The van der Waals surface area contributed by atoms with Crippen LogP contribution in [0.25, 0.3) is 0 Å². The van der Waals surface area contributed by atoms with Gasteiger partial charge in [0, 0.05) is 5.92 Å². The molecule has 0 bridgehead atoms. The number of halogens is 3. The maximum absolute atomic E-state index is 13.0. The van der Waals surface area contributed by atoms with Crippen LogP contribution in [0, 0.1) is 12.0 Å². The van der Waals surface area contributed by atoms with Crippen LogP contribution in [0.5, 0.6) is 0 Å². The summed E-state index contributed by atoms with van der Waals surface area (Å²) in [6.07, 6.45) is 1.30. The Labute approximate surface area is 73.4 Å². The molecule has 2 nitrogen and oxygen atoms in total. The van der Waals surface area contributed by atoms with E-state index in [1.807, 2.05) is 0 Å². The minimum Gasteiger partial charge on any atom is -0.260 e. The standard InChI is InChI=1S/C8H8F3N2/c9-6-3-12-13(4-7(10)11)8(6)5-1-2-5/h5,7H,1-2,4H2. The average molecular weight is 189 g/mol. The second kappa shape index (κ2) is 3.05. The largest absolute Gasteiger partial charge is 0.260 e. The second-order valence-electron chi connectivity index (χ2n) is 3.16. The molecule has 1 fully saturated rings. The molecule has 1 saturated carbocycles. The third-order valence-electron chi connectivity index (χ3n) is 2.05. The first kappa shape index (κ1) is 8.59. The van der Waals surface area contributed by atoms with Gasteiger partial charge in [0.2, 0.25) is 0 Å². The Bertz CT molecular complexity index is 304. The summed E-state index contributed by atoms with van der Waals surface area (Å²) in [6.45, 7) is -0.535. The highest BCUT2D eigenvalue weighted by molar-refractivity contribution is 5.15. The third kappa shape index (κ3) is 1.68. The van der Waals surface area contributed by atoms with Gasteiger partial charge in [-0.2, -0.15) is 5.10 Å². The zero-order valence-corrected chi connectivity index (χ0v) is 6.80. The van der Waals surface area contributed by atoms with Crippen molar-refractivity contribution >= 4 is 0 Å². The lowest BCUT2D eigenvalue weighted by Crippen LogP contribution is -2.11. The van der Waals surface area contributed by atoms with Crippen LogP contribution >= 0.6 is 0 Å². The van der Waals surface area contributed by atoms with E-state index < -0.39 is 18.8 Å². The van der Waals surface area contributed by atoms with E-state index in [4.69, 9.17) is 0 Å². The van der Waals surface area contributed by atoms with Gasteiger partial charge in [-0.15, -0.1) is 0 Å². The maximum atomic E-state index is 13.0. The van der Waals surface area contributed by atoms with Crippen molar-refractivity contribution in [3.8, 4) is 0 Å². The quantitative estimate of drug-likeness (QED) is 0.710. The summed E-state index contributed by atoms with van der Waals surface area (Å²) in [5, 5.41) is 3.45. The van der Waals surface area contributed by atoms with Crippen LogP contribution in [-0.2, 0) is 6.54 Å². The molecule has 1 radical (unpaired) electrons. The lowest BCUT2D eigenvalue weighted by molar-refractivity contribution is 0.120. The molecule has 2 rings (SSSR count). The molecule has 0 N–H and O–H groups in total. The highest BCUT2D eigenvalue weighted by Gasteiger charge is 2.31. The summed E-state index contributed by atoms with van der Waals surface area (Å²) in [5.74, 6) is -0.499. The summed E-state index contributed by atoms with van der Waals surface area (Å²) in [5.41, 5.74) is 0.292. The Morgan fingerprint density at radius 2 is 2.23 bits per heavy atom. The van der Waals surface area contributed by atoms with Crippen molar-refractivity contribution in [2.75, 3.05) is 0 Å². The molecule has 0 atom stereocenters. The van der Waals surface area contributed by atoms with E-state index in [-0.39, 0.29) is 5.92 Å². The van der Waals surface area contributed by atoms with Crippen molar-refractivity contribution in [3.05, 3.63) is 17.7 Å². The first-order valence-electron chi connectivity index (χ1n) is 4.10. The predicted octanol–water partition coefficient (Wildman–Crippen LogP) is 1.96. The molecule has 1 aromatic heterocycles. The number of hydrogen-bond donors (Lipinski definition) is 0. The fourth-order valence-corrected chi connectivity index (χ4v) is 1.35. The molecule has 1 heterocycles. The highest BCUT2D eigenvalue weighted by Crippen LogP contribution is 2.41. The van der Waals surface area contributed by atoms with Crippen molar-refractivity contribution < 1.29 is 13.2 Å². The van der Waals surface area contributed by atoms with Gasteiger partial charge in [0.15, 0.2) is 12.0 Å². The zero-order valence-electron chi connectivity index (χ0n) is 6.80. The van der Waals surface area contributed by atoms with Crippen LogP contribution in [-0.4, -0.2) is 16.2 Å². The van der Waals surface area contributed by atoms with Crippen molar-refractivity contribution in [1.82, 2.24) is 9.78 Å². The smallest absolute Gasteiger partial charge is 0.257 e. The summed E-state index contributed by atoms with van der Waals surface area (Å²) in [4.78, 5) is 0. The van der Waals surface area contributed by atoms with Gasteiger partial charge in [-0.3, -0.25) is 4.68 Å². The molecule has 1 aromatic rings. The Hall–Kier alpha value is -1.00. The van der Waals surface area contributed by atoms with Gasteiger partial charge in [0.1, 0.15) is 6.54 Å². The summed E-state index contributed by atoms with van der Waals surface area (Å²) < 4.78 is 38.0. The summed E-state index contributed by atoms with van der Waals surface area (Å²) >= 11 is 0. The molecule has 0 saturated heterocycles. The van der Waals surface area contributed by atoms with Crippen molar-refractivity contribution in [2.45, 2.75) is 31.7 Å². The van der Waals surface area contributed by atoms with Crippen LogP contribution in [0.3, 0.4) is 0 Å². The third-order valence-corrected chi connectivity index (χ3v) is 2.05. The normalized spacial score (nSPS) is 16.9. The molecular weight excluding hydrogens is 181 g/mol. The molecule has 0 spiro atoms. The van der Waals surface area contributed by atoms with E-state index >= 15 is 0 Å². The van der Waals surface area contributed by atoms with E-state index in [0.29, 0.717) is 5.69 Å². The van der Waals surface area contributed by atoms with Crippen LogP contribution in [0.15, 0.2) is 0 Å². The van der Waals surface area contributed by atoms with E-state index in [2.05, 4.69) is 11.3 Å². The van der Waals surface area contributed by atoms with Gasteiger partial charge in [-0.1, -0.05) is 0 Å². The van der Waals surface area contributed by atoms with E-state index in [9.17, 15) is 13.2 Å². The predicted molar refractivity (Wildman–Crippen MR) is 39.0 cm³/mol. The van der Waals surface area contributed by atoms with Gasteiger partial charge in [-0.05, 0) is 12.8 Å². The van der Waals surface area contributed by atoms with Crippen LogP contribution in [0.1, 0.15) is 24.5 Å². The van der Waals surface area contributed by atoms with E-state index in [1.54, 1.807) is 0 Å². The minimum absolute atomic E-state index is 0.0810. The van der Waals surface area contributed by atoms with Gasteiger partial charge < -0.3 is 0 Å². The number of hydrogen-bond acceptors (Lipinski definition) is 1. The van der Waals surface area contributed by atoms with Crippen LogP contribution < -0.4 is 0 Å². The molecule has 1 aliphatic rings. The number of rotatable bonds is 3.